The average molecular weight is 482 g/mol. The molecule has 0 aliphatic rings. The summed E-state index contributed by atoms with van der Waals surface area (Å²) < 4.78 is 2.08. The number of carbonyl (C=O) groups excluding carboxylic acids is 1. The van der Waals surface area contributed by atoms with Gasteiger partial charge in [0.05, 0.1) is 14.7 Å². The van der Waals surface area contributed by atoms with Crippen LogP contribution in [0.15, 0.2) is 48.7 Å². The van der Waals surface area contributed by atoms with Gasteiger partial charge in [0.25, 0.3) is 5.69 Å². The number of nitrogens with zero attached hydrogens (tertiary/aromatic N) is 3. The summed E-state index contributed by atoms with van der Waals surface area (Å²) in [5.74, 6) is -0.418. The largest absolute Gasteiger partial charge is 0.287 e. The second kappa shape index (κ2) is 7.55. The van der Waals surface area contributed by atoms with Crippen molar-refractivity contribution in [1.82, 2.24) is 9.78 Å². The summed E-state index contributed by atoms with van der Waals surface area (Å²) in [7, 11) is 1.64. The Kier molecular flexibility index (Phi) is 5.38. The molecule has 3 aromatic rings. The number of rotatable bonds is 5. The smallest absolute Gasteiger partial charge is 0.280 e. The van der Waals surface area contributed by atoms with Crippen LogP contribution in [-0.2, 0) is 13.5 Å². The Balaban J connectivity index is 2.03. The predicted molar refractivity (Wildman–Crippen MR) is 107 cm³/mol. The van der Waals surface area contributed by atoms with Crippen LogP contribution in [0.3, 0.4) is 0 Å². The van der Waals surface area contributed by atoms with Gasteiger partial charge in [0.2, 0.25) is 5.78 Å². The number of ketones is 1. The maximum absolute atomic E-state index is 12.9. The maximum Gasteiger partial charge on any atom is 0.280 e. The van der Waals surface area contributed by atoms with E-state index in [9.17, 15) is 14.9 Å². The third-order valence-electron chi connectivity index (χ3n) is 3.93. The molecule has 0 aliphatic carbocycles. The molecule has 0 N–H and O–H groups in total. The van der Waals surface area contributed by atoms with Crippen molar-refractivity contribution in [3.63, 3.8) is 0 Å². The van der Waals surface area contributed by atoms with Gasteiger partial charge in [-0.05, 0) is 58.3 Å². The number of aryl methyl sites for hydroxylation is 1. The minimum atomic E-state index is -0.539. The minimum absolute atomic E-state index is 0.0583. The van der Waals surface area contributed by atoms with E-state index >= 15 is 0 Å². The number of carbonyl (C=O) groups is 1. The van der Waals surface area contributed by atoms with Gasteiger partial charge in [-0.15, -0.1) is 0 Å². The molecule has 0 spiro atoms. The molecule has 0 saturated heterocycles. The van der Waals surface area contributed by atoms with Crippen molar-refractivity contribution in [2.24, 2.45) is 7.05 Å². The molecule has 3 rings (SSSR count). The van der Waals surface area contributed by atoms with Gasteiger partial charge in [-0.2, -0.15) is 5.10 Å². The molecule has 0 bridgehead atoms. The molecule has 26 heavy (non-hydrogen) atoms. The van der Waals surface area contributed by atoms with Crippen molar-refractivity contribution in [3.8, 4) is 0 Å². The van der Waals surface area contributed by atoms with Gasteiger partial charge in [0.1, 0.15) is 11.3 Å². The molecular weight excluding hydrogens is 469 g/mol. The van der Waals surface area contributed by atoms with E-state index in [1.165, 1.54) is 10.7 Å². The van der Waals surface area contributed by atoms with Crippen LogP contribution in [0.1, 0.15) is 27.2 Å². The first-order chi connectivity index (χ1) is 12.4. The summed E-state index contributed by atoms with van der Waals surface area (Å²) in [4.78, 5) is 23.8. The van der Waals surface area contributed by atoms with Crippen molar-refractivity contribution < 1.29 is 9.72 Å². The highest BCUT2D eigenvalue weighted by Gasteiger charge is 2.25. The molecule has 0 amide bonds. The van der Waals surface area contributed by atoms with Gasteiger partial charge in [0.15, 0.2) is 0 Å². The highest BCUT2D eigenvalue weighted by atomic mass is 127. The molecule has 1 aromatic heterocycles. The maximum atomic E-state index is 12.9. The number of halogens is 2. The van der Waals surface area contributed by atoms with Crippen molar-refractivity contribution in [1.29, 1.82) is 0 Å². The molecule has 0 radical (unpaired) electrons. The molecule has 2 aromatic carbocycles. The van der Waals surface area contributed by atoms with Gasteiger partial charge in [-0.1, -0.05) is 29.8 Å². The van der Waals surface area contributed by atoms with Gasteiger partial charge >= 0.3 is 0 Å². The van der Waals surface area contributed by atoms with Crippen LogP contribution < -0.4 is 0 Å². The second-order valence-corrected chi connectivity index (χ2v) is 7.30. The summed E-state index contributed by atoms with van der Waals surface area (Å²) in [6.45, 7) is 0. The van der Waals surface area contributed by atoms with E-state index in [1.54, 1.807) is 37.5 Å². The van der Waals surface area contributed by atoms with Crippen molar-refractivity contribution in [2.75, 3.05) is 0 Å². The third kappa shape index (κ3) is 3.78. The molecule has 0 unspecified atom stereocenters. The Hall–Kier alpha value is -2.26. The van der Waals surface area contributed by atoms with Crippen LogP contribution >= 0.6 is 34.2 Å². The Morgan fingerprint density at radius 3 is 2.46 bits per heavy atom. The van der Waals surface area contributed by atoms with Crippen LogP contribution in [0.4, 0.5) is 5.69 Å². The number of nitro groups is 1. The number of aromatic nitrogens is 2. The van der Waals surface area contributed by atoms with Crippen LogP contribution in [0, 0.1) is 13.7 Å². The first kappa shape index (κ1) is 18.5. The van der Waals surface area contributed by atoms with E-state index in [2.05, 4.69) is 5.10 Å². The number of nitro benzene ring substituents is 1. The quantitative estimate of drug-likeness (QED) is 0.234. The zero-order valence-electron chi connectivity index (χ0n) is 13.6. The van der Waals surface area contributed by atoms with Gasteiger partial charge in [-0.25, -0.2) is 0 Å². The number of benzene rings is 2. The van der Waals surface area contributed by atoms with Crippen LogP contribution in [0.5, 0.6) is 0 Å². The normalized spacial score (nSPS) is 10.7. The first-order valence-electron chi connectivity index (χ1n) is 7.61. The van der Waals surface area contributed by atoms with Crippen molar-refractivity contribution in [2.45, 2.75) is 6.42 Å². The fraction of sp³-hybridized carbons (Fsp3) is 0.111. The molecule has 0 saturated carbocycles. The monoisotopic (exact) mass is 481 g/mol. The number of hydrogen-bond donors (Lipinski definition) is 0. The lowest BCUT2D eigenvalue weighted by molar-refractivity contribution is -0.385. The molecule has 6 nitrogen and oxygen atoms in total. The van der Waals surface area contributed by atoms with Crippen molar-refractivity contribution in [3.05, 3.63) is 89.8 Å². The summed E-state index contributed by atoms with van der Waals surface area (Å²) >= 11 is 7.89. The van der Waals surface area contributed by atoms with Gasteiger partial charge < -0.3 is 0 Å². The Morgan fingerprint density at radius 2 is 1.88 bits per heavy atom. The van der Waals surface area contributed by atoms with Crippen molar-refractivity contribution >= 4 is 45.7 Å². The zero-order valence-corrected chi connectivity index (χ0v) is 16.6. The Morgan fingerprint density at radius 1 is 1.23 bits per heavy atom. The topological polar surface area (TPSA) is 78.0 Å². The van der Waals surface area contributed by atoms with E-state index in [0.717, 1.165) is 11.1 Å². The summed E-state index contributed by atoms with van der Waals surface area (Å²) in [6.07, 6.45) is 2.09. The lowest BCUT2D eigenvalue weighted by Gasteiger charge is -2.08. The van der Waals surface area contributed by atoms with E-state index in [4.69, 9.17) is 11.6 Å². The lowest BCUT2D eigenvalue weighted by Crippen LogP contribution is -2.12. The Labute approximate surface area is 168 Å². The van der Waals surface area contributed by atoms with E-state index in [-0.39, 0.29) is 11.3 Å². The van der Waals surface area contributed by atoms with E-state index in [1.807, 2.05) is 34.7 Å². The van der Waals surface area contributed by atoms with Crippen LogP contribution in [-0.4, -0.2) is 20.5 Å². The molecule has 0 aliphatic heterocycles. The van der Waals surface area contributed by atoms with Gasteiger partial charge in [0, 0.05) is 18.1 Å². The fourth-order valence-corrected chi connectivity index (χ4v) is 3.51. The highest BCUT2D eigenvalue weighted by molar-refractivity contribution is 14.1. The molecule has 1 heterocycles. The van der Waals surface area contributed by atoms with Gasteiger partial charge in [-0.3, -0.25) is 19.6 Å². The summed E-state index contributed by atoms with van der Waals surface area (Å²) in [5.41, 5.74) is 1.97. The van der Waals surface area contributed by atoms with Crippen LogP contribution in [0.25, 0.3) is 0 Å². The second-order valence-electron chi connectivity index (χ2n) is 5.71. The Bertz CT molecular complexity index is 980. The first-order valence-corrected chi connectivity index (χ1v) is 9.06. The molecule has 132 valence electrons. The fourth-order valence-electron chi connectivity index (χ4n) is 2.67. The molecule has 0 atom stereocenters. The van der Waals surface area contributed by atoms with Crippen LogP contribution in [0.2, 0.25) is 5.02 Å². The SMILES string of the molecule is Cn1ncc(I)c1C(=O)c1cc(Cc2ccc(Cl)cc2)ccc1[N+](=O)[O-]. The minimum Gasteiger partial charge on any atom is -0.287 e. The lowest BCUT2D eigenvalue weighted by atomic mass is 9.98. The summed E-state index contributed by atoms with van der Waals surface area (Å²) in [6, 6.07) is 12.0. The predicted octanol–water partition coefficient (Wildman–Crippen LogP) is 4.41. The average Bonchev–Trinajstić information content (AvgIpc) is 2.94. The van der Waals surface area contributed by atoms with E-state index < -0.39 is 10.7 Å². The molecule has 0 fully saturated rings. The molecule has 8 heteroatoms. The highest BCUT2D eigenvalue weighted by Crippen LogP contribution is 2.26. The standard InChI is InChI=1S/C18H13ClIN3O3/c1-22-17(15(20)10-21-22)18(24)14-9-12(4-7-16(14)23(25)26)8-11-2-5-13(19)6-3-11/h2-7,9-10H,8H2,1H3. The zero-order chi connectivity index (χ0) is 18.8. The summed E-state index contributed by atoms with van der Waals surface area (Å²) in [5, 5.41) is 16.1. The molecular formula is C18H13ClIN3O3. The van der Waals surface area contributed by atoms with E-state index in [0.29, 0.717) is 20.7 Å². The number of hydrogen-bond acceptors (Lipinski definition) is 4. The third-order valence-corrected chi connectivity index (χ3v) is 4.97.